The third-order valence-corrected chi connectivity index (χ3v) is 6.02. The Morgan fingerprint density at radius 2 is 1.89 bits per heavy atom. The van der Waals surface area contributed by atoms with Crippen LogP contribution >= 0.6 is 11.8 Å². The van der Waals surface area contributed by atoms with E-state index in [2.05, 4.69) is 60.7 Å². The maximum atomic E-state index is 12.7. The van der Waals surface area contributed by atoms with Crippen molar-refractivity contribution < 1.29 is 4.79 Å². The van der Waals surface area contributed by atoms with Gasteiger partial charge in [0.2, 0.25) is 0 Å². The topological polar surface area (TPSA) is 37.6 Å². The quantitative estimate of drug-likeness (QED) is 0.682. The molecule has 2 aromatic rings. The predicted molar refractivity (Wildman–Crippen MR) is 115 cm³/mol. The molecule has 1 aromatic carbocycles. The minimum absolute atomic E-state index is 0.0515. The molecule has 0 radical (unpaired) electrons. The van der Waals surface area contributed by atoms with Crippen molar-refractivity contribution in [2.75, 3.05) is 13.1 Å². The number of likely N-dealkylation sites (N-methyl/N-ethyl adjacent to an activating group) is 1. The van der Waals surface area contributed by atoms with Gasteiger partial charge in [-0.25, -0.2) is 0 Å². The molecule has 142 valence electrons. The van der Waals surface area contributed by atoms with Crippen LogP contribution < -0.4 is 0 Å². The molecule has 0 saturated carbocycles. The summed E-state index contributed by atoms with van der Waals surface area (Å²) in [6, 6.07) is 12.9. The zero-order chi connectivity index (χ0) is 19.6. The molecular formula is C22H27N3OS. The summed E-state index contributed by atoms with van der Waals surface area (Å²) in [6.45, 7) is 11.8. The number of aromatic nitrogens is 1. The first-order chi connectivity index (χ1) is 13.0. The highest BCUT2D eigenvalue weighted by Crippen LogP contribution is 2.34. The van der Waals surface area contributed by atoms with Crippen LogP contribution in [-0.4, -0.2) is 33.6 Å². The second-order valence-corrected chi connectivity index (χ2v) is 7.71. The highest BCUT2D eigenvalue weighted by molar-refractivity contribution is 8.18. The molecule has 5 heteroatoms. The molecular weight excluding hydrogens is 354 g/mol. The van der Waals surface area contributed by atoms with Gasteiger partial charge in [0, 0.05) is 24.5 Å². The van der Waals surface area contributed by atoms with E-state index in [0.717, 1.165) is 15.6 Å². The van der Waals surface area contributed by atoms with Gasteiger partial charge in [-0.05, 0) is 69.6 Å². The smallest absolute Gasteiger partial charge is 0.266 e. The maximum absolute atomic E-state index is 12.7. The molecule has 1 saturated heterocycles. The van der Waals surface area contributed by atoms with Gasteiger partial charge in [0.05, 0.1) is 10.9 Å². The van der Waals surface area contributed by atoms with Crippen LogP contribution in [0.1, 0.15) is 49.3 Å². The number of carbonyl (C=O) groups excluding carboxylic acids is 1. The third kappa shape index (κ3) is 3.74. The minimum atomic E-state index is 0.0515. The predicted octanol–water partition coefficient (Wildman–Crippen LogP) is 5.03. The summed E-state index contributed by atoms with van der Waals surface area (Å²) in [4.78, 5) is 19.7. The lowest BCUT2D eigenvalue weighted by atomic mass is 10.1. The Balaban J connectivity index is 1.97. The Kier molecular flexibility index (Phi) is 5.90. The summed E-state index contributed by atoms with van der Waals surface area (Å²) in [7, 11) is 0. The van der Waals surface area contributed by atoms with Gasteiger partial charge >= 0.3 is 0 Å². The van der Waals surface area contributed by atoms with E-state index in [1.807, 2.05) is 26.0 Å². The van der Waals surface area contributed by atoms with Crippen molar-refractivity contribution in [3.8, 4) is 0 Å². The molecule has 2 heterocycles. The number of amides is 1. The van der Waals surface area contributed by atoms with E-state index in [0.29, 0.717) is 13.1 Å². The van der Waals surface area contributed by atoms with Crippen molar-refractivity contribution in [2.24, 2.45) is 4.99 Å². The largest absolute Gasteiger partial charge is 0.341 e. The molecule has 1 aliphatic heterocycles. The van der Waals surface area contributed by atoms with Crippen LogP contribution in [0.3, 0.4) is 0 Å². The monoisotopic (exact) mass is 381 g/mol. The summed E-state index contributed by atoms with van der Waals surface area (Å²) >= 11 is 1.48. The van der Waals surface area contributed by atoms with Gasteiger partial charge in [0.1, 0.15) is 0 Å². The summed E-state index contributed by atoms with van der Waals surface area (Å²) in [5, 5.41) is 0.808. The van der Waals surface area contributed by atoms with Crippen molar-refractivity contribution in [2.45, 2.75) is 40.7 Å². The standard InChI is InChI=1S/C22H27N3OS/c1-6-23-22-24(7-2)21(26)20(27-22)14-19-13-15(3)25(17(19)5)16(4)18-11-9-8-10-12-18/h8-14,16H,6-7H2,1-5H3/b20-14+,23-22?. The minimum Gasteiger partial charge on any atom is -0.341 e. The van der Waals surface area contributed by atoms with Gasteiger partial charge in [-0.2, -0.15) is 0 Å². The number of aryl methyl sites for hydroxylation is 1. The van der Waals surface area contributed by atoms with Crippen LogP contribution in [0.5, 0.6) is 0 Å². The van der Waals surface area contributed by atoms with Crippen LogP contribution in [0.25, 0.3) is 6.08 Å². The molecule has 1 fully saturated rings. The molecule has 0 aliphatic carbocycles. The fraction of sp³-hybridized carbons (Fsp3) is 0.364. The van der Waals surface area contributed by atoms with E-state index >= 15 is 0 Å². The third-order valence-electron chi connectivity index (χ3n) is 4.98. The Labute approximate surface area is 166 Å². The number of nitrogens with zero attached hydrogens (tertiary/aromatic N) is 3. The second kappa shape index (κ2) is 8.17. The van der Waals surface area contributed by atoms with Crippen molar-refractivity contribution in [3.63, 3.8) is 0 Å². The number of rotatable bonds is 5. The molecule has 4 nitrogen and oxygen atoms in total. The van der Waals surface area contributed by atoms with Crippen LogP contribution in [0, 0.1) is 13.8 Å². The Morgan fingerprint density at radius 1 is 1.19 bits per heavy atom. The van der Waals surface area contributed by atoms with Gasteiger partial charge in [0.15, 0.2) is 5.17 Å². The molecule has 3 rings (SSSR count). The van der Waals surface area contributed by atoms with Crippen molar-refractivity contribution >= 4 is 28.9 Å². The molecule has 1 aliphatic rings. The average molecular weight is 382 g/mol. The van der Waals surface area contributed by atoms with Crippen LogP contribution in [0.15, 0.2) is 46.3 Å². The summed E-state index contributed by atoms with van der Waals surface area (Å²) in [5.74, 6) is 0.0515. The van der Waals surface area contributed by atoms with E-state index in [9.17, 15) is 4.79 Å². The van der Waals surface area contributed by atoms with Gasteiger partial charge in [-0.15, -0.1) is 0 Å². The lowest BCUT2D eigenvalue weighted by Gasteiger charge is -2.19. The number of benzene rings is 1. The summed E-state index contributed by atoms with van der Waals surface area (Å²) in [5.41, 5.74) is 4.74. The Morgan fingerprint density at radius 3 is 2.52 bits per heavy atom. The Bertz CT molecular complexity index is 896. The van der Waals surface area contributed by atoms with E-state index in [1.54, 1.807) is 4.90 Å². The van der Waals surface area contributed by atoms with Crippen LogP contribution in [0.2, 0.25) is 0 Å². The second-order valence-electron chi connectivity index (χ2n) is 6.70. The van der Waals surface area contributed by atoms with Crippen molar-refractivity contribution in [1.29, 1.82) is 0 Å². The number of hydrogen-bond acceptors (Lipinski definition) is 3. The van der Waals surface area contributed by atoms with Gasteiger partial charge in [0.25, 0.3) is 5.91 Å². The van der Waals surface area contributed by atoms with E-state index in [1.165, 1.54) is 28.7 Å². The molecule has 0 spiro atoms. The summed E-state index contributed by atoms with van der Waals surface area (Å²) in [6.07, 6.45) is 2.02. The molecule has 1 aromatic heterocycles. The average Bonchev–Trinajstić information content (AvgIpc) is 3.11. The van der Waals surface area contributed by atoms with Gasteiger partial charge < -0.3 is 4.57 Å². The first-order valence-electron chi connectivity index (χ1n) is 9.47. The highest BCUT2D eigenvalue weighted by Gasteiger charge is 2.32. The zero-order valence-corrected chi connectivity index (χ0v) is 17.5. The number of hydrogen-bond donors (Lipinski definition) is 0. The molecule has 1 unspecified atom stereocenters. The fourth-order valence-electron chi connectivity index (χ4n) is 3.61. The number of carbonyl (C=O) groups is 1. The van der Waals surface area contributed by atoms with E-state index in [-0.39, 0.29) is 11.9 Å². The van der Waals surface area contributed by atoms with Crippen LogP contribution in [-0.2, 0) is 4.79 Å². The van der Waals surface area contributed by atoms with E-state index in [4.69, 9.17) is 0 Å². The molecule has 1 amide bonds. The van der Waals surface area contributed by atoms with Crippen molar-refractivity contribution in [1.82, 2.24) is 9.47 Å². The number of amidine groups is 1. The normalized spacial score (nSPS) is 18.7. The van der Waals surface area contributed by atoms with E-state index < -0.39 is 0 Å². The molecule has 0 bridgehead atoms. The maximum Gasteiger partial charge on any atom is 0.266 e. The van der Waals surface area contributed by atoms with Gasteiger partial charge in [-0.1, -0.05) is 30.3 Å². The first-order valence-corrected chi connectivity index (χ1v) is 10.3. The number of aliphatic imine (C=N–C) groups is 1. The van der Waals surface area contributed by atoms with Crippen LogP contribution in [0.4, 0.5) is 0 Å². The molecule has 27 heavy (non-hydrogen) atoms. The van der Waals surface area contributed by atoms with Crippen molar-refractivity contribution in [3.05, 3.63) is 63.8 Å². The van der Waals surface area contributed by atoms with Gasteiger partial charge in [-0.3, -0.25) is 14.7 Å². The summed E-state index contributed by atoms with van der Waals surface area (Å²) < 4.78 is 2.34. The Hall–Kier alpha value is -2.27. The SMILES string of the molecule is CCN=C1S/C(=C/c2cc(C)n(C(C)c3ccccc3)c2C)C(=O)N1CC. The lowest BCUT2D eigenvalue weighted by Crippen LogP contribution is -2.28. The zero-order valence-electron chi connectivity index (χ0n) is 16.7. The first kappa shape index (κ1) is 19.5. The molecule has 0 N–H and O–H groups in total. The highest BCUT2D eigenvalue weighted by atomic mass is 32.2. The fourth-order valence-corrected chi connectivity index (χ4v) is 4.70. The number of thioether (sulfide) groups is 1. The lowest BCUT2D eigenvalue weighted by molar-refractivity contribution is -0.122. The molecule has 1 atom stereocenters.